The molecule has 1 unspecified atom stereocenters. The number of fused-ring (bicyclic) bond motifs is 1. The number of nitrogens with one attached hydrogen (secondary N) is 1. The van der Waals surface area contributed by atoms with E-state index in [4.69, 9.17) is 0 Å². The number of aromatic nitrogens is 2. The Balaban J connectivity index is 1.70. The minimum atomic E-state index is -0.556. The number of nitrogens with zero attached hydrogens (tertiary/aromatic N) is 2. The number of halogens is 1. The Morgan fingerprint density at radius 1 is 1.04 bits per heavy atom. The molecular formula is C22H18FN3O. The van der Waals surface area contributed by atoms with Gasteiger partial charge in [-0.25, -0.2) is 9.37 Å². The van der Waals surface area contributed by atoms with Crippen molar-refractivity contribution < 1.29 is 9.18 Å². The van der Waals surface area contributed by atoms with Crippen molar-refractivity contribution in [2.75, 3.05) is 0 Å². The first-order chi connectivity index (χ1) is 13.1. The Morgan fingerprint density at radius 3 is 2.59 bits per heavy atom. The van der Waals surface area contributed by atoms with Gasteiger partial charge in [0, 0.05) is 25.0 Å². The van der Waals surface area contributed by atoms with E-state index in [1.807, 2.05) is 48.0 Å². The monoisotopic (exact) mass is 359 g/mol. The van der Waals surface area contributed by atoms with Gasteiger partial charge in [-0.1, -0.05) is 42.5 Å². The molecule has 0 saturated heterocycles. The molecule has 27 heavy (non-hydrogen) atoms. The molecule has 5 heteroatoms. The lowest BCUT2D eigenvalue weighted by atomic mass is 10.0. The van der Waals surface area contributed by atoms with Crippen LogP contribution in [0.5, 0.6) is 0 Å². The van der Waals surface area contributed by atoms with Gasteiger partial charge in [-0.3, -0.25) is 4.79 Å². The predicted octanol–water partition coefficient (Wildman–Crippen LogP) is 4.23. The molecule has 4 rings (SSSR count). The molecule has 1 aromatic heterocycles. The minimum Gasteiger partial charge on any atom is -0.338 e. The van der Waals surface area contributed by atoms with Crippen molar-refractivity contribution in [2.24, 2.45) is 7.05 Å². The Labute approximate surface area is 156 Å². The lowest BCUT2D eigenvalue weighted by Crippen LogP contribution is -2.31. The number of benzene rings is 3. The van der Waals surface area contributed by atoms with Gasteiger partial charge in [-0.05, 0) is 40.6 Å². The molecule has 3 aromatic carbocycles. The van der Waals surface area contributed by atoms with E-state index in [0.29, 0.717) is 17.0 Å². The first-order valence-corrected chi connectivity index (χ1v) is 8.64. The summed E-state index contributed by atoms with van der Waals surface area (Å²) in [7, 11) is 1.84. The molecule has 134 valence electrons. The highest BCUT2D eigenvalue weighted by Gasteiger charge is 2.22. The number of amides is 1. The van der Waals surface area contributed by atoms with Crippen molar-refractivity contribution >= 4 is 16.7 Å². The maximum absolute atomic E-state index is 13.8. The molecule has 1 amide bonds. The van der Waals surface area contributed by atoms with Gasteiger partial charge in [0.1, 0.15) is 17.7 Å². The number of imidazole rings is 1. The van der Waals surface area contributed by atoms with Crippen LogP contribution in [0.4, 0.5) is 4.39 Å². The zero-order valence-corrected chi connectivity index (χ0v) is 14.8. The zero-order valence-electron chi connectivity index (χ0n) is 14.8. The molecule has 0 aliphatic rings. The summed E-state index contributed by atoms with van der Waals surface area (Å²) in [4.78, 5) is 17.3. The van der Waals surface area contributed by atoms with E-state index >= 15 is 0 Å². The maximum atomic E-state index is 13.8. The number of carbonyl (C=O) groups excluding carboxylic acids is 1. The molecule has 4 aromatic rings. The summed E-state index contributed by atoms with van der Waals surface area (Å²) in [6.45, 7) is 0. The second-order valence-corrected chi connectivity index (χ2v) is 6.42. The van der Waals surface area contributed by atoms with Crippen molar-refractivity contribution in [1.82, 2.24) is 14.9 Å². The number of hydrogen-bond donors (Lipinski definition) is 1. The number of hydrogen-bond acceptors (Lipinski definition) is 2. The smallest absolute Gasteiger partial charge is 0.252 e. The SMILES string of the molecule is Cn1ccnc1C(NC(=O)c1ccc2ccccc2c1)c1cccc(F)c1. The number of carbonyl (C=O) groups is 1. The molecule has 1 atom stereocenters. The quantitative estimate of drug-likeness (QED) is 0.593. The van der Waals surface area contributed by atoms with Gasteiger partial charge in [0.15, 0.2) is 0 Å². The summed E-state index contributed by atoms with van der Waals surface area (Å²) in [6.07, 6.45) is 3.45. The lowest BCUT2D eigenvalue weighted by molar-refractivity contribution is 0.0941. The molecular weight excluding hydrogens is 341 g/mol. The van der Waals surface area contributed by atoms with E-state index in [1.165, 1.54) is 12.1 Å². The van der Waals surface area contributed by atoms with Crippen LogP contribution in [0.25, 0.3) is 10.8 Å². The van der Waals surface area contributed by atoms with Crippen LogP contribution in [0.1, 0.15) is 27.8 Å². The van der Waals surface area contributed by atoms with Gasteiger partial charge in [0.2, 0.25) is 0 Å². The van der Waals surface area contributed by atoms with Crippen molar-refractivity contribution in [3.8, 4) is 0 Å². The Kier molecular flexibility index (Phi) is 4.42. The molecule has 0 fully saturated rings. The molecule has 1 N–H and O–H groups in total. The average molecular weight is 359 g/mol. The van der Waals surface area contributed by atoms with Crippen LogP contribution in [0.3, 0.4) is 0 Å². The van der Waals surface area contributed by atoms with E-state index in [9.17, 15) is 9.18 Å². The summed E-state index contributed by atoms with van der Waals surface area (Å²) in [5.74, 6) is 0.0411. The van der Waals surface area contributed by atoms with Crippen molar-refractivity contribution in [1.29, 1.82) is 0 Å². The first kappa shape index (κ1) is 17.0. The van der Waals surface area contributed by atoms with E-state index in [0.717, 1.165) is 10.8 Å². The van der Waals surface area contributed by atoms with Gasteiger partial charge in [0.05, 0.1) is 0 Å². The summed E-state index contributed by atoms with van der Waals surface area (Å²) < 4.78 is 15.6. The molecule has 1 heterocycles. The predicted molar refractivity (Wildman–Crippen MR) is 103 cm³/mol. The third-order valence-corrected chi connectivity index (χ3v) is 4.59. The van der Waals surface area contributed by atoms with Gasteiger partial charge in [-0.15, -0.1) is 0 Å². The normalized spacial score (nSPS) is 12.1. The third kappa shape index (κ3) is 3.44. The first-order valence-electron chi connectivity index (χ1n) is 8.64. The fourth-order valence-electron chi connectivity index (χ4n) is 3.18. The standard InChI is InChI=1S/C22H18FN3O/c1-26-12-11-24-21(26)20(17-7-4-8-19(23)14-17)25-22(27)18-10-9-15-5-2-3-6-16(15)13-18/h2-14,20H,1H3,(H,25,27). The molecule has 0 radical (unpaired) electrons. The molecule has 0 aliphatic carbocycles. The fraction of sp³-hybridized carbons (Fsp3) is 0.0909. The molecule has 4 nitrogen and oxygen atoms in total. The van der Waals surface area contributed by atoms with Gasteiger partial charge in [0.25, 0.3) is 5.91 Å². The van der Waals surface area contributed by atoms with Crippen LogP contribution in [-0.4, -0.2) is 15.5 Å². The van der Waals surface area contributed by atoms with Crippen LogP contribution < -0.4 is 5.32 Å². The largest absolute Gasteiger partial charge is 0.338 e. The van der Waals surface area contributed by atoms with Gasteiger partial charge in [-0.2, -0.15) is 0 Å². The lowest BCUT2D eigenvalue weighted by Gasteiger charge is -2.19. The van der Waals surface area contributed by atoms with Crippen molar-refractivity contribution in [3.63, 3.8) is 0 Å². The summed E-state index contributed by atoms with van der Waals surface area (Å²) >= 11 is 0. The Hall–Kier alpha value is -3.47. The molecule has 0 saturated carbocycles. The van der Waals surface area contributed by atoms with E-state index < -0.39 is 6.04 Å². The van der Waals surface area contributed by atoms with Crippen LogP contribution >= 0.6 is 0 Å². The minimum absolute atomic E-state index is 0.238. The van der Waals surface area contributed by atoms with Gasteiger partial charge >= 0.3 is 0 Å². The van der Waals surface area contributed by atoms with Crippen molar-refractivity contribution in [2.45, 2.75) is 6.04 Å². The Morgan fingerprint density at radius 2 is 1.85 bits per heavy atom. The highest BCUT2D eigenvalue weighted by atomic mass is 19.1. The fourth-order valence-corrected chi connectivity index (χ4v) is 3.18. The summed E-state index contributed by atoms with van der Waals surface area (Å²) in [6, 6.07) is 19.1. The second kappa shape index (κ2) is 7.03. The highest BCUT2D eigenvalue weighted by molar-refractivity contribution is 5.98. The van der Waals surface area contributed by atoms with E-state index in [-0.39, 0.29) is 11.7 Å². The second-order valence-electron chi connectivity index (χ2n) is 6.42. The molecule has 0 spiro atoms. The van der Waals surface area contributed by atoms with Crippen LogP contribution in [-0.2, 0) is 7.05 Å². The number of aryl methyl sites for hydroxylation is 1. The topological polar surface area (TPSA) is 46.9 Å². The zero-order chi connectivity index (χ0) is 18.8. The third-order valence-electron chi connectivity index (χ3n) is 4.59. The molecule has 0 bridgehead atoms. The molecule has 0 aliphatic heterocycles. The maximum Gasteiger partial charge on any atom is 0.252 e. The van der Waals surface area contributed by atoms with Crippen LogP contribution in [0.15, 0.2) is 79.1 Å². The van der Waals surface area contributed by atoms with E-state index in [1.54, 1.807) is 30.6 Å². The van der Waals surface area contributed by atoms with Crippen LogP contribution in [0, 0.1) is 5.82 Å². The van der Waals surface area contributed by atoms with Crippen LogP contribution in [0.2, 0.25) is 0 Å². The Bertz CT molecular complexity index is 1120. The van der Waals surface area contributed by atoms with Gasteiger partial charge < -0.3 is 9.88 Å². The average Bonchev–Trinajstić information content (AvgIpc) is 3.11. The summed E-state index contributed by atoms with van der Waals surface area (Å²) in [5, 5.41) is 5.06. The highest BCUT2D eigenvalue weighted by Crippen LogP contribution is 2.23. The number of rotatable bonds is 4. The van der Waals surface area contributed by atoms with E-state index in [2.05, 4.69) is 10.3 Å². The summed E-state index contributed by atoms with van der Waals surface area (Å²) in [5.41, 5.74) is 1.18. The van der Waals surface area contributed by atoms with Crippen molar-refractivity contribution in [3.05, 3.63) is 102 Å².